The molecular formula is C22H26ClN3O4. The molecule has 0 unspecified atom stereocenters. The molecule has 7 nitrogen and oxygen atoms in total. The minimum atomic E-state index is -0.174. The Morgan fingerprint density at radius 1 is 1.23 bits per heavy atom. The van der Waals surface area contributed by atoms with E-state index in [1.165, 1.54) is 6.21 Å². The number of ether oxygens (including phenoxy) is 3. The summed E-state index contributed by atoms with van der Waals surface area (Å²) in [6.07, 6.45) is 1.53. The molecule has 1 aliphatic heterocycles. The molecule has 1 saturated heterocycles. The highest BCUT2D eigenvalue weighted by molar-refractivity contribution is 6.32. The molecule has 1 aliphatic rings. The van der Waals surface area contributed by atoms with E-state index in [9.17, 15) is 4.79 Å². The lowest BCUT2D eigenvalue weighted by molar-refractivity contribution is -0.123. The number of hydrogen-bond acceptors (Lipinski definition) is 6. The third kappa shape index (κ3) is 6.73. The molecule has 0 aromatic heterocycles. The molecule has 1 N–H and O–H groups in total. The number of carbonyl (C=O) groups is 1. The van der Waals surface area contributed by atoms with Crippen molar-refractivity contribution in [1.29, 1.82) is 0 Å². The summed E-state index contributed by atoms with van der Waals surface area (Å²) in [5.41, 5.74) is 4.27. The highest BCUT2D eigenvalue weighted by atomic mass is 35.5. The second kappa shape index (κ2) is 11.5. The molecule has 3 rings (SSSR count). The molecule has 0 saturated carbocycles. The van der Waals surface area contributed by atoms with Crippen molar-refractivity contribution in [1.82, 2.24) is 10.3 Å². The molecule has 0 bridgehead atoms. The molecular weight excluding hydrogens is 406 g/mol. The van der Waals surface area contributed by atoms with Crippen LogP contribution in [0.4, 0.5) is 0 Å². The molecule has 0 radical (unpaired) electrons. The topological polar surface area (TPSA) is 72.4 Å². The number of hydrogen-bond donors (Lipinski definition) is 1. The lowest BCUT2D eigenvalue weighted by Gasteiger charge is -2.25. The van der Waals surface area contributed by atoms with Crippen LogP contribution in [0.5, 0.6) is 11.5 Å². The van der Waals surface area contributed by atoms with E-state index in [4.69, 9.17) is 25.8 Å². The van der Waals surface area contributed by atoms with Gasteiger partial charge < -0.3 is 14.2 Å². The van der Waals surface area contributed by atoms with Gasteiger partial charge in [-0.1, -0.05) is 41.9 Å². The van der Waals surface area contributed by atoms with Crippen molar-refractivity contribution in [3.8, 4) is 11.5 Å². The Bertz CT molecular complexity index is 855. The molecule has 2 aromatic rings. The Morgan fingerprint density at radius 2 is 2.00 bits per heavy atom. The summed E-state index contributed by atoms with van der Waals surface area (Å²) in [4.78, 5) is 14.1. The first-order chi connectivity index (χ1) is 14.7. The predicted molar refractivity (Wildman–Crippen MR) is 116 cm³/mol. The van der Waals surface area contributed by atoms with E-state index in [1.807, 2.05) is 42.2 Å². The molecule has 1 amide bonds. The summed E-state index contributed by atoms with van der Waals surface area (Å²) in [6.45, 7) is 5.81. The van der Waals surface area contributed by atoms with Crippen LogP contribution < -0.4 is 14.9 Å². The number of nitrogens with one attached hydrogen (secondary N) is 1. The maximum atomic E-state index is 12.0. The van der Waals surface area contributed by atoms with Crippen molar-refractivity contribution in [3.05, 3.63) is 58.6 Å². The summed E-state index contributed by atoms with van der Waals surface area (Å²) in [6, 6.07) is 13.3. The molecule has 8 heteroatoms. The van der Waals surface area contributed by atoms with Gasteiger partial charge in [0.2, 0.25) is 0 Å². The highest BCUT2D eigenvalue weighted by Gasteiger charge is 2.14. The van der Waals surface area contributed by atoms with Gasteiger partial charge in [-0.3, -0.25) is 9.69 Å². The summed E-state index contributed by atoms with van der Waals surface area (Å²) < 4.78 is 16.9. The maximum Gasteiger partial charge on any atom is 0.254 e. The fraction of sp³-hybridized carbons (Fsp3) is 0.364. The standard InChI is InChI=1S/C22H26ClN3O4/c1-2-29-20-13-18(14-24-25-21(27)15-26-8-10-28-11-9-26)12-19(23)22(20)30-16-17-6-4-3-5-7-17/h3-7,12-14H,2,8-11,15-16H2,1H3,(H,25,27)/b24-14+. The number of nitrogens with zero attached hydrogens (tertiary/aromatic N) is 2. The number of benzene rings is 2. The molecule has 160 valence electrons. The molecule has 0 atom stereocenters. The number of rotatable bonds is 9. The van der Waals surface area contributed by atoms with Crippen LogP contribution in [-0.4, -0.2) is 56.5 Å². The number of amides is 1. The smallest absolute Gasteiger partial charge is 0.254 e. The van der Waals surface area contributed by atoms with Gasteiger partial charge in [0.15, 0.2) is 11.5 Å². The van der Waals surface area contributed by atoms with Crippen LogP contribution in [0, 0.1) is 0 Å². The monoisotopic (exact) mass is 431 g/mol. The number of hydrazone groups is 1. The van der Waals surface area contributed by atoms with E-state index < -0.39 is 0 Å². The maximum absolute atomic E-state index is 12.0. The van der Waals surface area contributed by atoms with Crippen LogP contribution in [0.1, 0.15) is 18.1 Å². The van der Waals surface area contributed by atoms with Crippen molar-refractivity contribution >= 4 is 23.7 Å². The van der Waals surface area contributed by atoms with Crippen LogP contribution in [0.2, 0.25) is 5.02 Å². The Kier molecular flexibility index (Phi) is 8.50. The third-order valence-corrected chi connectivity index (χ3v) is 4.71. The predicted octanol–water partition coefficient (Wildman–Crippen LogP) is 3.10. The van der Waals surface area contributed by atoms with E-state index in [2.05, 4.69) is 10.5 Å². The average Bonchev–Trinajstić information content (AvgIpc) is 2.75. The van der Waals surface area contributed by atoms with Crippen LogP contribution >= 0.6 is 11.6 Å². The fourth-order valence-electron chi connectivity index (χ4n) is 2.97. The van der Waals surface area contributed by atoms with Crippen molar-refractivity contribution < 1.29 is 19.0 Å². The van der Waals surface area contributed by atoms with Crippen LogP contribution in [0.15, 0.2) is 47.6 Å². The number of morpholine rings is 1. The van der Waals surface area contributed by atoms with Gasteiger partial charge in [-0.05, 0) is 30.2 Å². The Morgan fingerprint density at radius 3 is 2.73 bits per heavy atom. The van der Waals surface area contributed by atoms with Crippen molar-refractivity contribution in [2.24, 2.45) is 5.10 Å². The second-order valence-electron chi connectivity index (χ2n) is 6.72. The van der Waals surface area contributed by atoms with Gasteiger partial charge in [0.25, 0.3) is 5.91 Å². The summed E-state index contributed by atoms with van der Waals surface area (Å²) in [5.74, 6) is 0.838. The zero-order valence-electron chi connectivity index (χ0n) is 17.0. The van der Waals surface area contributed by atoms with Crippen LogP contribution in [-0.2, 0) is 16.1 Å². The second-order valence-corrected chi connectivity index (χ2v) is 7.13. The van der Waals surface area contributed by atoms with Crippen LogP contribution in [0.3, 0.4) is 0 Å². The van der Waals surface area contributed by atoms with Crippen LogP contribution in [0.25, 0.3) is 0 Å². The minimum absolute atomic E-state index is 0.174. The number of carbonyl (C=O) groups excluding carboxylic acids is 1. The van der Waals surface area contributed by atoms with Gasteiger partial charge in [-0.25, -0.2) is 5.43 Å². The SMILES string of the molecule is CCOc1cc(/C=N/NC(=O)CN2CCOCC2)cc(Cl)c1OCc1ccccc1. The van der Waals surface area contributed by atoms with Gasteiger partial charge in [-0.2, -0.15) is 5.10 Å². The van der Waals surface area contributed by atoms with E-state index >= 15 is 0 Å². The first kappa shape index (κ1) is 22.1. The van der Waals surface area contributed by atoms with Gasteiger partial charge in [-0.15, -0.1) is 0 Å². The number of halogens is 1. The van der Waals surface area contributed by atoms with Crippen molar-refractivity contribution in [2.45, 2.75) is 13.5 Å². The minimum Gasteiger partial charge on any atom is -0.490 e. The lowest BCUT2D eigenvalue weighted by atomic mass is 10.2. The average molecular weight is 432 g/mol. The van der Waals surface area contributed by atoms with E-state index in [0.29, 0.717) is 48.5 Å². The molecule has 0 aliphatic carbocycles. The Labute approximate surface area is 181 Å². The third-order valence-electron chi connectivity index (χ3n) is 4.43. The van der Waals surface area contributed by atoms with Gasteiger partial charge in [0.1, 0.15) is 6.61 Å². The first-order valence-electron chi connectivity index (χ1n) is 9.90. The normalized spacial score (nSPS) is 14.6. The molecule has 1 heterocycles. The van der Waals surface area contributed by atoms with E-state index in [0.717, 1.165) is 18.7 Å². The molecule has 1 fully saturated rings. The van der Waals surface area contributed by atoms with Crippen molar-refractivity contribution in [3.63, 3.8) is 0 Å². The van der Waals surface area contributed by atoms with Gasteiger partial charge in [0.05, 0.1) is 37.6 Å². The zero-order chi connectivity index (χ0) is 21.2. The highest BCUT2D eigenvalue weighted by Crippen LogP contribution is 2.36. The van der Waals surface area contributed by atoms with E-state index in [-0.39, 0.29) is 12.5 Å². The Balaban J connectivity index is 1.61. The summed E-state index contributed by atoms with van der Waals surface area (Å²) >= 11 is 6.43. The van der Waals surface area contributed by atoms with E-state index in [1.54, 1.807) is 12.1 Å². The first-order valence-corrected chi connectivity index (χ1v) is 10.3. The largest absolute Gasteiger partial charge is 0.490 e. The van der Waals surface area contributed by atoms with Gasteiger partial charge in [0, 0.05) is 13.1 Å². The Hall–Kier alpha value is -2.61. The fourth-order valence-corrected chi connectivity index (χ4v) is 3.25. The lowest BCUT2D eigenvalue weighted by Crippen LogP contribution is -2.42. The molecule has 30 heavy (non-hydrogen) atoms. The summed E-state index contributed by atoms with van der Waals surface area (Å²) in [5, 5.41) is 4.45. The molecule has 2 aromatic carbocycles. The van der Waals surface area contributed by atoms with Crippen molar-refractivity contribution in [2.75, 3.05) is 39.5 Å². The zero-order valence-corrected chi connectivity index (χ0v) is 17.7. The molecule has 0 spiro atoms. The quantitative estimate of drug-likeness (QED) is 0.488. The van der Waals surface area contributed by atoms with Gasteiger partial charge >= 0.3 is 0 Å². The summed E-state index contributed by atoms with van der Waals surface area (Å²) in [7, 11) is 0.